The lowest BCUT2D eigenvalue weighted by molar-refractivity contribution is 0.449. The summed E-state index contributed by atoms with van der Waals surface area (Å²) in [5.41, 5.74) is 6.65. The van der Waals surface area contributed by atoms with E-state index < -0.39 is 0 Å². The lowest BCUT2D eigenvalue weighted by Crippen LogP contribution is -2.03. The average molecular weight is 483 g/mol. The van der Waals surface area contributed by atoms with Crippen LogP contribution in [0.15, 0.2) is 57.4 Å². The predicted molar refractivity (Wildman–Crippen MR) is 155 cm³/mol. The molecule has 0 N–H and O–H groups in total. The van der Waals surface area contributed by atoms with E-state index in [9.17, 15) is 0 Å². The fraction of sp³-hybridized carbons (Fsp3) is 0.471. The van der Waals surface area contributed by atoms with Crippen molar-refractivity contribution in [2.24, 2.45) is 11.8 Å². The Hall–Kier alpha value is -2.74. The van der Waals surface area contributed by atoms with E-state index in [4.69, 9.17) is 8.83 Å². The van der Waals surface area contributed by atoms with Crippen LogP contribution in [0.25, 0.3) is 43.9 Å². The van der Waals surface area contributed by atoms with E-state index in [2.05, 4.69) is 76.2 Å². The zero-order chi connectivity index (χ0) is 25.1. The first kappa shape index (κ1) is 24.9. The van der Waals surface area contributed by atoms with Crippen LogP contribution in [0.1, 0.15) is 90.2 Å². The number of furan rings is 2. The standard InChI is InChI=1S/C34H42O2/c1-5-9-11-23(7-3)17-25-13-15-27-29-21-34-30(22-33(29)35-31(27)19-25)28-16-14-26(20-32(28)36-34)18-24(8-4)12-10-6-2/h13-16,19-24H,5-12,17-18H2,1-4H3. The molecule has 0 spiro atoms. The molecular weight excluding hydrogens is 440 g/mol. The lowest BCUT2D eigenvalue weighted by atomic mass is 9.91. The van der Waals surface area contributed by atoms with Crippen LogP contribution >= 0.6 is 0 Å². The molecule has 0 aliphatic carbocycles. The first-order valence-corrected chi connectivity index (χ1v) is 14.4. The molecule has 2 atom stereocenters. The van der Waals surface area contributed by atoms with Crippen molar-refractivity contribution in [3.05, 3.63) is 59.7 Å². The Kier molecular flexibility index (Phi) is 7.70. The first-order chi connectivity index (χ1) is 17.6. The van der Waals surface area contributed by atoms with Crippen molar-refractivity contribution < 1.29 is 8.83 Å². The van der Waals surface area contributed by atoms with Crippen molar-refractivity contribution in [3.8, 4) is 0 Å². The SMILES string of the molecule is CCCCC(CC)Cc1ccc2c(c1)oc1cc3c(cc12)oc1cc(CC(CC)CCCC)ccc13. The van der Waals surface area contributed by atoms with Gasteiger partial charge in [-0.05, 0) is 60.1 Å². The second-order valence-corrected chi connectivity index (χ2v) is 11.0. The van der Waals surface area contributed by atoms with E-state index in [0.717, 1.165) is 57.8 Å². The van der Waals surface area contributed by atoms with Gasteiger partial charge in [0.15, 0.2) is 0 Å². The van der Waals surface area contributed by atoms with Crippen molar-refractivity contribution in [1.82, 2.24) is 0 Å². The van der Waals surface area contributed by atoms with Gasteiger partial charge in [-0.1, -0.05) is 103 Å². The first-order valence-electron chi connectivity index (χ1n) is 14.4. The molecule has 0 amide bonds. The van der Waals surface area contributed by atoms with Crippen molar-refractivity contribution in [2.45, 2.75) is 91.9 Å². The molecule has 190 valence electrons. The number of benzene rings is 3. The normalized spacial score (nSPS) is 13.9. The highest BCUT2D eigenvalue weighted by atomic mass is 16.3. The summed E-state index contributed by atoms with van der Waals surface area (Å²) in [6, 6.07) is 18.0. The zero-order valence-electron chi connectivity index (χ0n) is 22.7. The number of rotatable bonds is 12. The molecule has 2 nitrogen and oxygen atoms in total. The second kappa shape index (κ2) is 11.1. The van der Waals surface area contributed by atoms with Crippen molar-refractivity contribution in [1.29, 1.82) is 0 Å². The number of hydrogen-bond donors (Lipinski definition) is 0. The highest BCUT2D eigenvalue weighted by Crippen LogP contribution is 2.37. The van der Waals surface area contributed by atoms with E-state index in [1.54, 1.807) is 0 Å². The molecule has 2 unspecified atom stereocenters. The molecule has 5 rings (SSSR count). The summed E-state index contributed by atoms with van der Waals surface area (Å²) in [4.78, 5) is 0. The fourth-order valence-electron chi connectivity index (χ4n) is 5.94. The number of fused-ring (bicyclic) bond motifs is 6. The van der Waals surface area contributed by atoms with Gasteiger partial charge in [0.25, 0.3) is 0 Å². The maximum atomic E-state index is 6.40. The van der Waals surface area contributed by atoms with Gasteiger partial charge < -0.3 is 8.83 Å². The van der Waals surface area contributed by atoms with Crippen LogP contribution in [0.3, 0.4) is 0 Å². The predicted octanol–water partition coefficient (Wildman–Crippen LogP) is 11.0. The largest absolute Gasteiger partial charge is 0.456 e. The second-order valence-electron chi connectivity index (χ2n) is 11.0. The molecule has 0 fully saturated rings. The highest BCUT2D eigenvalue weighted by Gasteiger charge is 2.16. The molecule has 2 heterocycles. The van der Waals surface area contributed by atoms with Crippen molar-refractivity contribution in [2.75, 3.05) is 0 Å². The summed E-state index contributed by atoms with van der Waals surface area (Å²) < 4.78 is 12.8. The van der Waals surface area contributed by atoms with Crippen LogP contribution < -0.4 is 0 Å². The maximum absolute atomic E-state index is 6.40. The third-order valence-electron chi connectivity index (χ3n) is 8.33. The van der Waals surface area contributed by atoms with E-state index in [-0.39, 0.29) is 0 Å². The van der Waals surface area contributed by atoms with Crippen molar-refractivity contribution >= 4 is 43.9 Å². The van der Waals surface area contributed by atoms with Gasteiger partial charge in [-0.15, -0.1) is 0 Å². The smallest absolute Gasteiger partial charge is 0.136 e. The number of unbranched alkanes of at least 4 members (excludes halogenated alkanes) is 2. The van der Waals surface area contributed by atoms with E-state index >= 15 is 0 Å². The molecule has 0 saturated heterocycles. The van der Waals surface area contributed by atoms with Crippen LogP contribution in [-0.4, -0.2) is 0 Å². The Bertz CT molecular complexity index is 1340. The molecule has 2 heteroatoms. The average Bonchev–Trinajstić information content (AvgIpc) is 3.43. The molecule has 2 aromatic heterocycles. The van der Waals surface area contributed by atoms with E-state index in [1.165, 1.54) is 73.3 Å². The van der Waals surface area contributed by atoms with Gasteiger partial charge in [0.1, 0.15) is 22.3 Å². The summed E-state index contributed by atoms with van der Waals surface area (Å²) in [6.07, 6.45) is 12.6. The molecule has 0 aliphatic heterocycles. The van der Waals surface area contributed by atoms with Gasteiger partial charge in [-0.25, -0.2) is 0 Å². The molecule has 0 radical (unpaired) electrons. The van der Waals surface area contributed by atoms with Crippen LogP contribution in [0.5, 0.6) is 0 Å². The Balaban J connectivity index is 1.46. The Morgan fingerprint density at radius 2 is 0.944 bits per heavy atom. The van der Waals surface area contributed by atoms with Crippen LogP contribution in [0.2, 0.25) is 0 Å². The zero-order valence-corrected chi connectivity index (χ0v) is 22.7. The third kappa shape index (κ3) is 5.05. The summed E-state index contributed by atoms with van der Waals surface area (Å²) >= 11 is 0. The van der Waals surface area contributed by atoms with Gasteiger partial charge >= 0.3 is 0 Å². The van der Waals surface area contributed by atoms with E-state index in [0.29, 0.717) is 0 Å². The quantitative estimate of drug-likeness (QED) is 0.177. The van der Waals surface area contributed by atoms with Gasteiger partial charge in [0.2, 0.25) is 0 Å². The Morgan fingerprint density at radius 3 is 1.33 bits per heavy atom. The summed E-state index contributed by atoms with van der Waals surface area (Å²) in [5, 5.41) is 4.65. The van der Waals surface area contributed by atoms with E-state index in [1.807, 2.05) is 0 Å². The highest BCUT2D eigenvalue weighted by molar-refractivity contribution is 6.14. The fourth-order valence-corrected chi connectivity index (χ4v) is 5.94. The molecule has 3 aromatic carbocycles. The maximum Gasteiger partial charge on any atom is 0.136 e. The van der Waals surface area contributed by atoms with Crippen molar-refractivity contribution in [3.63, 3.8) is 0 Å². The van der Waals surface area contributed by atoms with Gasteiger partial charge in [0, 0.05) is 21.5 Å². The van der Waals surface area contributed by atoms with Crippen LogP contribution in [0.4, 0.5) is 0 Å². The van der Waals surface area contributed by atoms with Gasteiger partial charge in [-0.3, -0.25) is 0 Å². The molecule has 36 heavy (non-hydrogen) atoms. The summed E-state index contributed by atoms with van der Waals surface area (Å²) in [6.45, 7) is 9.19. The molecular formula is C34H42O2. The van der Waals surface area contributed by atoms with Gasteiger partial charge in [0.05, 0.1) is 0 Å². The minimum absolute atomic E-state index is 0.754. The topological polar surface area (TPSA) is 26.3 Å². The molecule has 0 bridgehead atoms. The summed E-state index contributed by atoms with van der Waals surface area (Å²) in [5.74, 6) is 1.51. The third-order valence-corrected chi connectivity index (χ3v) is 8.33. The molecule has 5 aromatic rings. The molecule has 0 aliphatic rings. The number of hydrogen-bond acceptors (Lipinski definition) is 2. The summed E-state index contributed by atoms with van der Waals surface area (Å²) in [7, 11) is 0. The Morgan fingerprint density at radius 1 is 0.528 bits per heavy atom. The van der Waals surface area contributed by atoms with Gasteiger partial charge in [-0.2, -0.15) is 0 Å². The monoisotopic (exact) mass is 482 g/mol. The van der Waals surface area contributed by atoms with Crippen LogP contribution in [-0.2, 0) is 12.8 Å². The minimum Gasteiger partial charge on any atom is -0.456 e. The molecule has 0 saturated carbocycles. The Labute approximate surface area is 216 Å². The lowest BCUT2D eigenvalue weighted by Gasteiger charge is -2.14. The van der Waals surface area contributed by atoms with Crippen LogP contribution in [0, 0.1) is 11.8 Å². The minimum atomic E-state index is 0.754.